The predicted octanol–water partition coefficient (Wildman–Crippen LogP) is 1.53. The summed E-state index contributed by atoms with van der Waals surface area (Å²) in [5.74, 6) is -1.50. The van der Waals surface area contributed by atoms with Crippen molar-refractivity contribution in [3.05, 3.63) is 23.1 Å². The minimum Gasteiger partial charge on any atom is -0.480 e. The number of carboxylic acids is 1. The van der Waals surface area contributed by atoms with Crippen molar-refractivity contribution in [3.8, 4) is 0 Å². The molecule has 1 aliphatic rings. The molecule has 2 N–H and O–H groups in total. The van der Waals surface area contributed by atoms with Crippen molar-refractivity contribution in [2.75, 3.05) is 0 Å². The molecule has 16 heavy (non-hydrogen) atoms. The van der Waals surface area contributed by atoms with Gasteiger partial charge < -0.3 is 14.8 Å². The SMILES string of the molecule is O=C(NC(C(=O)O)C1CC1)c1ccoc1Cl. The molecule has 5 nitrogen and oxygen atoms in total. The molecular weight excluding hydrogens is 234 g/mol. The normalized spacial score (nSPS) is 16.8. The van der Waals surface area contributed by atoms with Gasteiger partial charge in [-0.15, -0.1) is 0 Å². The van der Waals surface area contributed by atoms with Crippen molar-refractivity contribution >= 4 is 23.5 Å². The zero-order chi connectivity index (χ0) is 11.7. The van der Waals surface area contributed by atoms with E-state index in [1.807, 2.05) is 0 Å². The molecule has 86 valence electrons. The monoisotopic (exact) mass is 243 g/mol. The van der Waals surface area contributed by atoms with Crippen LogP contribution in [0.5, 0.6) is 0 Å². The average Bonchev–Trinajstić information content (AvgIpc) is 2.96. The Morgan fingerprint density at radius 3 is 2.69 bits per heavy atom. The van der Waals surface area contributed by atoms with E-state index in [4.69, 9.17) is 21.1 Å². The molecule has 0 radical (unpaired) electrons. The zero-order valence-electron chi connectivity index (χ0n) is 8.27. The number of hydrogen-bond acceptors (Lipinski definition) is 3. The van der Waals surface area contributed by atoms with Crippen LogP contribution in [0.15, 0.2) is 16.7 Å². The Morgan fingerprint density at radius 2 is 2.25 bits per heavy atom. The maximum absolute atomic E-state index is 11.7. The van der Waals surface area contributed by atoms with Gasteiger partial charge in [0.1, 0.15) is 6.04 Å². The van der Waals surface area contributed by atoms with E-state index in [-0.39, 0.29) is 16.7 Å². The Bertz CT molecular complexity index is 424. The molecule has 2 rings (SSSR count). The second-order valence-electron chi connectivity index (χ2n) is 3.73. The second kappa shape index (κ2) is 4.17. The molecule has 0 aliphatic heterocycles. The molecule has 6 heteroatoms. The number of furan rings is 1. The molecule has 0 spiro atoms. The smallest absolute Gasteiger partial charge is 0.326 e. The van der Waals surface area contributed by atoms with Gasteiger partial charge in [-0.1, -0.05) is 0 Å². The lowest BCUT2D eigenvalue weighted by molar-refractivity contribution is -0.139. The van der Waals surface area contributed by atoms with Crippen LogP contribution in [0, 0.1) is 5.92 Å². The van der Waals surface area contributed by atoms with Gasteiger partial charge in [-0.05, 0) is 36.4 Å². The number of hydrogen-bond donors (Lipinski definition) is 2. The maximum atomic E-state index is 11.7. The van der Waals surface area contributed by atoms with Gasteiger partial charge in [-0.3, -0.25) is 4.79 Å². The largest absolute Gasteiger partial charge is 0.480 e. The minimum absolute atomic E-state index is 0.0302. The summed E-state index contributed by atoms with van der Waals surface area (Å²) in [5, 5.41) is 11.3. The van der Waals surface area contributed by atoms with E-state index in [1.165, 1.54) is 12.3 Å². The van der Waals surface area contributed by atoms with Gasteiger partial charge in [0.05, 0.1) is 11.8 Å². The molecule has 1 heterocycles. The van der Waals surface area contributed by atoms with Crippen molar-refractivity contribution in [2.45, 2.75) is 18.9 Å². The standard InChI is InChI=1S/C10H10ClNO4/c11-8-6(3-4-16-8)9(13)12-7(10(14)15)5-1-2-5/h3-5,7H,1-2H2,(H,12,13)(H,14,15). The molecule has 0 aromatic carbocycles. The predicted molar refractivity (Wildman–Crippen MR) is 55.3 cm³/mol. The third kappa shape index (κ3) is 2.19. The van der Waals surface area contributed by atoms with E-state index < -0.39 is 17.9 Å². The van der Waals surface area contributed by atoms with Crippen LogP contribution >= 0.6 is 11.6 Å². The van der Waals surface area contributed by atoms with Crippen LogP contribution in [-0.4, -0.2) is 23.0 Å². The van der Waals surface area contributed by atoms with Crippen LogP contribution in [0.1, 0.15) is 23.2 Å². The highest BCUT2D eigenvalue weighted by Crippen LogP contribution is 2.33. The van der Waals surface area contributed by atoms with E-state index in [0.717, 1.165) is 12.8 Å². The van der Waals surface area contributed by atoms with Gasteiger partial charge in [0.15, 0.2) is 0 Å². The summed E-state index contributed by atoms with van der Waals surface area (Å²) < 4.78 is 4.76. The Hall–Kier alpha value is -1.49. The molecule has 1 aromatic rings. The molecule has 0 saturated heterocycles. The van der Waals surface area contributed by atoms with Crippen molar-refractivity contribution in [1.29, 1.82) is 0 Å². The average molecular weight is 244 g/mol. The second-order valence-corrected chi connectivity index (χ2v) is 4.08. The fourth-order valence-electron chi connectivity index (χ4n) is 1.49. The highest BCUT2D eigenvalue weighted by molar-refractivity contribution is 6.32. The summed E-state index contributed by atoms with van der Waals surface area (Å²) in [6.45, 7) is 0. The molecule has 1 saturated carbocycles. The molecule has 1 amide bonds. The Labute approximate surface area is 96.4 Å². The van der Waals surface area contributed by atoms with Gasteiger partial charge in [0.25, 0.3) is 5.91 Å². The van der Waals surface area contributed by atoms with Gasteiger partial charge in [0, 0.05) is 0 Å². The first-order chi connectivity index (χ1) is 7.59. The van der Waals surface area contributed by atoms with E-state index in [0.29, 0.717) is 0 Å². The number of nitrogens with one attached hydrogen (secondary N) is 1. The molecule has 1 aromatic heterocycles. The van der Waals surface area contributed by atoms with Gasteiger partial charge >= 0.3 is 5.97 Å². The van der Waals surface area contributed by atoms with Crippen LogP contribution < -0.4 is 5.32 Å². The highest BCUT2D eigenvalue weighted by Gasteiger charge is 2.37. The number of halogens is 1. The Morgan fingerprint density at radius 1 is 1.56 bits per heavy atom. The summed E-state index contributed by atoms with van der Waals surface area (Å²) in [4.78, 5) is 22.6. The third-order valence-electron chi connectivity index (χ3n) is 2.51. The molecule has 1 unspecified atom stereocenters. The summed E-state index contributed by atoms with van der Waals surface area (Å²) in [6.07, 6.45) is 2.94. The van der Waals surface area contributed by atoms with Gasteiger partial charge in [-0.2, -0.15) is 0 Å². The van der Waals surface area contributed by atoms with E-state index in [1.54, 1.807) is 0 Å². The van der Waals surface area contributed by atoms with E-state index >= 15 is 0 Å². The Balaban J connectivity index is 2.06. The first-order valence-electron chi connectivity index (χ1n) is 4.86. The van der Waals surface area contributed by atoms with Gasteiger partial charge in [-0.25, -0.2) is 4.79 Å². The van der Waals surface area contributed by atoms with Gasteiger partial charge in [0.2, 0.25) is 5.22 Å². The van der Waals surface area contributed by atoms with Crippen LogP contribution in [-0.2, 0) is 4.79 Å². The Kier molecular flexibility index (Phi) is 2.87. The van der Waals surface area contributed by atoms with Crippen LogP contribution in [0.4, 0.5) is 0 Å². The number of aliphatic carboxylic acids is 1. The molecule has 0 bridgehead atoms. The van der Waals surface area contributed by atoms with Crippen molar-refractivity contribution in [3.63, 3.8) is 0 Å². The first-order valence-corrected chi connectivity index (χ1v) is 5.24. The zero-order valence-corrected chi connectivity index (χ0v) is 9.03. The number of carbonyl (C=O) groups excluding carboxylic acids is 1. The van der Waals surface area contributed by atoms with Crippen LogP contribution in [0.2, 0.25) is 5.22 Å². The number of amides is 1. The molecule has 1 fully saturated rings. The summed E-state index contributed by atoms with van der Waals surface area (Å²) in [7, 11) is 0. The lowest BCUT2D eigenvalue weighted by Gasteiger charge is -2.12. The molecule has 1 atom stereocenters. The minimum atomic E-state index is -1.02. The van der Waals surface area contributed by atoms with Crippen LogP contribution in [0.25, 0.3) is 0 Å². The van der Waals surface area contributed by atoms with Crippen molar-refractivity contribution in [1.82, 2.24) is 5.32 Å². The fourth-order valence-corrected chi connectivity index (χ4v) is 1.69. The molecular formula is C10H10ClNO4. The third-order valence-corrected chi connectivity index (χ3v) is 2.80. The number of carboxylic acid groups (broad SMARTS) is 1. The summed E-state index contributed by atoms with van der Waals surface area (Å²) >= 11 is 5.62. The van der Waals surface area contributed by atoms with E-state index in [2.05, 4.69) is 5.32 Å². The number of rotatable bonds is 4. The quantitative estimate of drug-likeness (QED) is 0.840. The van der Waals surface area contributed by atoms with Crippen LogP contribution in [0.3, 0.4) is 0 Å². The highest BCUT2D eigenvalue weighted by atomic mass is 35.5. The van der Waals surface area contributed by atoms with Crippen molar-refractivity contribution in [2.24, 2.45) is 5.92 Å². The summed E-state index contributed by atoms with van der Waals surface area (Å²) in [5.41, 5.74) is 0.161. The first kappa shape index (κ1) is 11.0. The fraction of sp³-hybridized carbons (Fsp3) is 0.400. The lowest BCUT2D eigenvalue weighted by atomic mass is 10.2. The topological polar surface area (TPSA) is 79.5 Å². The molecule has 1 aliphatic carbocycles. The van der Waals surface area contributed by atoms with Crippen molar-refractivity contribution < 1.29 is 19.1 Å². The van der Waals surface area contributed by atoms with E-state index in [9.17, 15) is 9.59 Å². The number of carbonyl (C=O) groups is 2. The summed E-state index contributed by atoms with van der Waals surface area (Å²) in [6, 6.07) is 0.571. The lowest BCUT2D eigenvalue weighted by Crippen LogP contribution is -2.42. The maximum Gasteiger partial charge on any atom is 0.326 e.